The molecule has 212 valence electrons. The Hall–Kier alpha value is -4.09. The number of ether oxygens (including phenoxy) is 2. The van der Waals surface area contributed by atoms with Crippen LogP contribution in [0.4, 0.5) is 4.39 Å². The molecule has 1 aromatic heterocycles. The normalized spacial score (nSPS) is 23.2. The molecule has 6 rings (SSSR count). The van der Waals surface area contributed by atoms with Crippen molar-refractivity contribution in [3.63, 3.8) is 0 Å². The Bertz CT molecular complexity index is 1400. The second-order valence-corrected chi connectivity index (χ2v) is 10.5. The lowest BCUT2D eigenvalue weighted by Gasteiger charge is -2.43. The summed E-state index contributed by atoms with van der Waals surface area (Å²) >= 11 is 0. The van der Waals surface area contributed by atoms with E-state index in [1.807, 2.05) is 0 Å². The Kier molecular flexibility index (Phi) is 7.43. The van der Waals surface area contributed by atoms with E-state index in [4.69, 9.17) is 9.47 Å². The Morgan fingerprint density at radius 3 is 2.40 bits per heavy atom. The topological polar surface area (TPSA) is 128 Å². The van der Waals surface area contributed by atoms with E-state index < -0.39 is 52.5 Å². The predicted octanol–water partition coefficient (Wildman–Crippen LogP) is 2.07. The highest BCUT2D eigenvalue weighted by molar-refractivity contribution is 6.35. The van der Waals surface area contributed by atoms with Crippen molar-refractivity contribution in [2.75, 3.05) is 26.7 Å². The largest absolute Gasteiger partial charge is 0.461 e. The van der Waals surface area contributed by atoms with Gasteiger partial charge in [-0.05, 0) is 57.1 Å². The van der Waals surface area contributed by atoms with E-state index in [0.717, 1.165) is 0 Å². The van der Waals surface area contributed by atoms with Crippen LogP contribution in [0.1, 0.15) is 65.7 Å². The third-order valence-electron chi connectivity index (χ3n) is 8.14. The van der Waals surface area contributed by atoms with Crippen LogP contribution in [-0.4, -0.2) is 76.0 Å². The summed E-state index contributed by atoms with van der Waals surface area (Å²) in [4.78, 5) is 73.3. The van der Waals surface area contributed by atoms with Gasteiger partial charge in [0, 0.05) is 20.1 Å². The van der Waals surface area contributed by atoms with Gasteiger partial charge < -0.3 is 19.3 Å². The van der Waals surface area contributed by atoms with Gasteiger partial charge in [-0.1, -0.05) is 18.2 Å². The predicted molar refractivity (Wildman–Crippen MR) is 138 cm³/mol. The molecule has 0 radical (unpaired) electrons. The minimum absolute atomic E-state index is 0.0174. The number of benzene rings is 1. The summed E-state index contributed by atoms with van der Waals surface area (Å²) < 4.78 is 25.7. The quantitative estimate of drug-likeness (QED) is 0.406. The van der Waals surface area contributed by atoms with Gasteiger partial charge in [-0.25, -0.2) is 19.0 Å². The molecule has 11 nitrogen and oxygen atoms in total. The molecular formula is C28H31FN4O7. The number of halogens is 1. The number of hydrogen-bond donors (Lipinski definition) is 0. The van der Waals surface area contributed by atoms with Crippen molar-refractivity contribution in [2.24, 2.45) is 5.92 Å². The minimum atomic E-state index is -1.18. The van der Waals surface area contributed by atoms with E-state index in [1.165, 1.54) is 33.5 Å². The molecular weight excluding hydrogens is 523 g/mol. The van der Waals surface area contributed by atoms with Crippen molar-refractivity contribution in [3.05, 3.63) is 57.8 Å². The number of hydrogen-bond acceptors (Lipinski definition) is 8. The Balaban J connectivity index is 1.60. The molecule has 1 saturated heterocycles. The maximum atomic E-state index is 13.9. The van der Waals surface area contributed by atoms with Gasteiger partial charge in [-0.3, -0.25) is 19.0 Å². The van der Waals surface area contributed by atoms with Gasteiger partial charge in [0.15, 0.2) is 5.69 Å². The van der Waals surface area contributed by atoms with Crippen molar-refractivity contribution in [1.82, 2.24) is 19.4 Å². The second kappa shape index (κ2) is 10.8. The molecule has 3 aliphatic heterocycles. The molecule has 0 spiro atoms. The van der Waals surface area contributed by atoms with Crippen LogP contribution in [-0.2, 0) is 26.4 Å². The maximum absolute atomic E-state index is 13.9. The molecule has 2 fully saturated rings. The first kappa shape index (κ1) is 27.5. The molecule has 1 saturated carbocycles. The lowest BCUT2D eigenvalue weighted by Crippen LogP contribution is -2.55. The zero-order valence-electron chi connectivity index (χ0n) is 22.4. The third kappa shape index (κ3) is 4.75. The Morgan fingerprint density at radius 1 is 1.07 bits per heavy atom. The smallest absolute Gasteiger partial charge is 0.361 e. The Labute approximate surface area is 229 Å². The van der Waals surface area contributed by atoms with Crippen molar-refractivity contribution in [1.29, 1.82) is 0 Å². The van der Waals surface area contributed by atoms with E-state index in [1.54, 1.807) is 25.1 Å². The van der Waals surface area contributed by atoms with E-state index in [-0.39, 0.29) is 50.0 Å². The second-order valence-electron chi connectivity index (χ2n) is 10.5. The van der Waals surface area contributed by atoms with Crippen LogP contribution in [0.15, 0.2) is 35.1 Å². The zero-order chi connectivity index (χ0) is 28.6. The lowest BCUT2D eigenvalue weighted by molar-refractivity contribution is -0.155. The summed E-state index contributed by atoms with van der Waals surface area (Å²) in [6, 6.07) is 8.02. The number of nitrogens with zero attached hydrogens (tertiary/aromatic N) is 4. The number of alkyl halides is 1. The molecule has 2 amide bonds. The van der Waals surface area contributed by atoms with Gasteiger partial charge in [-0.2, -0.15) is 0 Å². The van der Waals surface area contributed by atoms with Gasteiger partial charge >= 0.3 is 23.8 Å². The monoisotopic (exact) mass is 554 g/mol. The highest BCUT2D eigenvalue weighted by Gasteiger charge is 2.51. The van der Waals surface area contributed by atoms with Crippen LogP contribution in [0.25, 0.3) is 0 Å². The summed E-state index contributed by atoms with van der Waals surface area (Å²) in [5.41, 5.74) is -2.23. The van der Waals surface area contributed by atoms with Crippen LogP contribution in [0.2, 0.25) is 0 Å². The summed E-state index contributed by atoms with van der Waals surface area (Å²) in [6.07, 6.45) is 1.06. The van der Waals surface area contributed by atoms with Crippen LogP contribution in [0, 0.1) is 5.92 Å². The molecule has 40 heavy (non-hydrogen) atoms. The number of likely N-dealkylation sites (N-methyl/N-ethyl adjacent to an activating group) is 1. The fourth-order valence-electron chi connectivity index (χ4n) is 5.90. The summed E-state index contributed by atoms with van der Waals surface area (Å²) in [5.74, 6) is -3.80. The average Bonchev–Trinajstić information content (AvgIpc) is 3.26. The lowest BCUT2D eigenvalue weighted by atomic mass is 9.76. The first-order valence-corrected chi connectivity index (χ1v) is 13.5. The van der Waals surface area contributed by atoms with E-state index in [2.05, 4.69) is 4.98 Å². The number of esters is 2. The molecule has 0 N–H and O–H groups in total. The van der Waals surface area contributed by atoms with Gasteiger partial charge in [0.2, 0.25) is 5.75 Å². The average molecular weight is 555 g/mol. The number of amides is 2. The van der Waals surface area contributed by atoms with Gasteiger partial charge in [0.25, 0.3) is 5.56 Å². The number of fused-ring (bicyclic) bond motifs is 2. The van der Waals surface area contributed by atoms with Crippen molar-refractivity contribution in [2.45, 2.75) is 57.3 Å². The van der Waals surface area contributed by atoms with Gasteiger partial charge in [-0.15, -0.1) is 0 Å². The van der Waals surface area contributed by atoms with Crippen molar-refractivity contribution in [3.8, 4) is 5.75 Å². The van der Waals surface area contributed by atoms with Crippen LogP contribution >= 0.6 is 0 Å². The number of carbonyl (C=O) groups is 4. The first-order chi connectivity index (χ1) is 19.2. The van der Waals surface area contributed by atoms with Crippen molar-refractivity contribution < 1.29 is 33.0 Å². The molecule has 2 aromatic rings. The first-order valence-electron chi connectivity index (χ1n) is 13.5. The molecule has 4 aliphatic rings. The molecule has 1 atom stereocenters. The number of likely N-dealkylation sites (tertiary alicyclic amines) is 1. The molecule has 2 bridgehead atoms. The fraction of sp³-hybridized carbons (Fsp3) is 0.500. The zero-order valence-corrected chi connectivity index (χ0v) is 22.4. The van der Waals surface area contributed by atoms with Gasteiger partial charge in [0.1, 0.15) is 17.5 Å². The van der Waals surface area contributed by atoms with E-state index in [9.17, 15) is 28.4 Å². The number of rotatable bonds is 5. The summed E-state index contributed by atoms with van der Waals surface area (Å²) in [6.45, 7) is 1.81. The highest BCUT2D eigenvalue weighted by Crippen LogP contribution is 2.46. The van der Waals surface area contributed by atoms with Crippen LogP contribution in [0.5, 0.6) is 5.75 Å². The third-order valence-corrected chi connectivity index (χ3v) is 8.14. The minimum Gasteiger partial charge on any atom is -0.461 e. The highest BCUT2D eigenvalue weighted by atomic mass is 19.1. The van der Waals surface area contributed by atoms with Crippen LogP contribution in [0.3, 0.4) is 0 Å². The Morgan fingerprint density at radius 2 is 1.77 bits per heavy atom. The van der Waals surface area contributed by atoms with E-state index in [0.29, 0.717) is 25.7 Å². The SMILES string of the molecule is CCOC(=O)c1nc2n(c(=O)c1OC(=O)c1ccccc1)CC1CCC2(N(C)C(=O)C(=O)N2CCC(F)C2)CC1. The molecule has 1 unspecified atom stereocenters. The fourth-order valence-corrected chi connectivity index (χ4v) is 5.90. The summed E-state index contributed by atoms with van der Waals surface area (Å²) in [7, 11) is 1.47. The number of carbonyl (C=O) groups excluding carboxylic acids is 4. The summed E-state index contributed by atoms with van der Waals surface area (Å²) in [5, 5.41) is 0. The molecule has 1 aromatic carbocycles. The van der Waals surface area contributed by atoms with E-state index >= 15 is 0 Å². The molecule has 4 heterocycles. The molecule has 12 heteroatoms. The maximum Gasteiger partial charge on any atom is 0.361 e. The number of aromatic nitrogens is 2. The van der Waals surface area contributed by atoms with Crippen molar-refractivity contribution >= 4 is 23.8 Å². The van der Waals surface area contributed by atoms with Crippen LogP contribution < -0.4 is 10.3 Å². The van der Waals surface area contributed by atoms with Gasteiger partial charge in [0.05, 0.1) is 18.7 Å². The standard InChI is InChI=1S/C28H31FN4O7/c1-3-39-26(38)20-21(40-25(37)18-7-5-4-6-8-18)22(34)33-15-17-9-12-28(13-10-17,27(33)30-20)31(2)23(35)24(36)32-14-11-19(29)16-32/h4-8,17,19H,3,9-16H2,1-2H3. The molecule has 1 aliphatic carbocycles.